The number of hydrogen-bond acceptors (Lipinski definition) is 4. The number of allylic oxidation sites excluding steroid dienone is 1. The molecule has 3 rings (SSSR count). The van der Waals surface area contributed by atoms with Gasteiger partial charge in [0.1, 0.15) is 0 Å². The average Bonchev–Trinajstić information content (AvgIpc) is 2.78. The summed E-state index contributed by atoms with van der Waals surface area (Å²) >= 11 is 0. The standard InChI is InChI=1S/C25H23NO4/c1-2-29-24-17-19(13-15-22(27)20-9-5-3-6-10-20)14-16-23(24)30-18-25(28)26-21-11-7-4-8-12-21/h3-17H,2,18H2,1H3,(H,26,28)/b15-13+. The molecule has 0 spiro atoms. The second-order valence-corrected chi connectivity index (χ2v) is 6.41. The van der Waals surface area contributed by atoms with E-state index in [1.165, 1.54) is 6.08 Å². The highest BCUT2D eigenvalue weighted by Crippen LogP contribution is 2.29. The fourth-order valence-electron chi connectivity index (χ4n) is 2.75. The first-order valence-corrected chi connectivity index (χ1v) is 9.67. The molecule has 3 aromatic rings. The van der Waals surface area contributed by atoms with Crippen LogP contribution in [0.15, 0.2) is 84.9 Å². The van der Waals surface area contributed by atoms with E-state index in [1.54, 1.807) is 42.5 Å². The van der Waals surface area contributed by atoms with Crippen molar-refractivity contribution in [3.63, 3.8) is 0 Å². The van der Waals surface area contributed by atoms with E-state index in [-0.39, 0.29) is 18.3 Å². The summed E-state index contributed by atoms with van der Waals surface area (Å²) in [4.78, 5) is 24.3. The Morgan fingerprint density at radius 1 is 0.867 bits per heavy atom. The highest BCUT2D eigenvalue weighted by Gasteiger charge is 2.09. The molecule has 1 N–H and O–H groups in total. The fourth-order valence-corrected chi connectivity index (χ4v) is 2.75. The van der Waals surface area contributed by atoms with Gasteiger partial charge in [0, 0.05) is 11.3 Å². The third-order valence-corrected chi connectivity index (χ3v) is 4.17. The molecular weight excluding hydrogens is 378 g/mol. The Balaban J connectivity index is 1.65. The van der Waals surface area contributed by atoms with Crippen LogP contribution in [-0.2, 0) is 4.79 Å². The van der Waals surface area contributed by atoms with Crippen molar-refractivity contribution >= 4 is 23.5 Å². The number of benzene rings is 3. The van der Waals surface area contributed by atoms with Crippen LogP contribution < -0.4 is 14.8 Å². The summed E-state index contributed by atoms with van der Waals surface area (Å²) in [5.74, 6) is 0.637. The number of ether oxygens (including phenoxy) is 2. The Hall–Kier alpha value is -3.86. The van der Waals surface area contributed by atoms with Crippen molar-refractivity contribution in [2.24, 2.45) is 0 Å². The maximum Gasteiger partial charge on any atom is 0.262 e. The second-order valence-electron chi connectivity index (χ2n) is 6.41. The van der Waals surface area contributed by atoms with Crippen LogP contribution in [-0.4, -0.2) is 24.9 Å². The highest BCUT2D eigenvalue weighted by molar-refractivity contribution is 6.06. The van der Waals surface area contributed by atoms with E-state index in [0.29, 0.717) is 29.4 Å². The molecule has 1 amide bonds. The predicted octanol–water partition coefficient (Wildman–Crippen LogP) is 5.00. The van der Waals surface area contributed by atoms with Gasteiger partial charge >= 0.3 is 0 Å². The van der Waals surface area contributed by atoms with E-state index < -0.39 is 0 Å². The molecule has 0 unspecified atom stereocenters. The smallest absolute Gasteiger partial charge is 0.262 e. The molecule has 152 valence electrons. The molecule has 0 saturated carbocycles. The lowest BCUT2D eigenvalue weighted by atomic mass is 10.1. The maximum absolute atomic E-state index is 12.2. The lowest BCUT2D eigenvalue weighted by Crippen LogP contribution is -2.20. The lowest BCUT2D eigenvalue weighted by Gasteiger charge is -2.12. The number of ketones is 1. The van der Waals surface area contributed by atoms with Gasteiger partial charge in [-0.05, 0) is 42.8 Å². The molecule has 0 bridgehead atoms. The van der Waals surface area contributed by atoms with Crippen LogP contribution in [0.3, 0.4) is 0 Å². The Kier molecular flexibility index (Phi) is 7.39. The second kappa shape index (κ2) is 10.6. The number of anilines is 1. The zero-order valence-corrected chi connectivity index (χ0v) is 16.7. The normalized spacial score (nSPS) is 10.6. The third kappa shape index (κ3) is 6.07. The first-order chi connectivity index (χ1) is 14.7. The summed E-state index contributed by atoms with van der Waals surface area (Å²) < 4.78 is 11.3. The summed E-state index contributed by atoms with van der Waals surface area (Å²) in [6.07, 6.45) is 3.25. The van der Waals surface area contributed by atoms with Gasteiger partial charge in [-0.15, -0.1) is 0 Å². The van der Waals surface area contributed by atoms with E-state index in [1.807, 2.05) is 49.4 Å². The molecule has 0 aliphatic rings. The Labute approximate surface area is 176 Å². The number of para-hydroxylation sites is 1. The number of nitrogens with one attached hydrogen (secondary N) is 1. The minimum Gasteiger partial charge on any atom is -0.490 e. The van der Waals surface area contributed by atoms with Crippen LogP contribution in [0.1, 0.15) is 22.8 Å². The van der Waals surface area contributed by atoms with Gasteiger partial charge in [0.05, 0.1) is 6.61 Å². The molecule has 0 saturated heterocycles. The van der Waals surface area contributed by atoms with E-state index in [0.717, 1.165) is 5.56 Å². The topological polar surface area (TPSA) is 64.6 Å². The highest BCUT2D eigenvalue weighted by atomic mass is 16.5. The first kappa shape index (κ1) is 20.9. The predicted molar refractivity (Wildman–Crippen MR) is 118 cm³/mol. The van der Waals surface area contributed by atoms with E-state index in [2.05, 4.69) is 5.32 Å². The van der Waals surface area contributed by atoms with Crippen LogP contribution >= 0.6 is 0 Å². The van der Waals surface area contributed by atoms with E-state index in [4.69, 9.17) is 9.47 Å². The largest absolute Gasteiger partial charge is 0.490 e. The summed E-state index contributed by atoms with van der Waals surface area (Å²) in [6.45, 7) is 2.17. The molecule has 30 heavy (non-hydrogen) atoms. The van der Waals surface area contributed by atoms with Crippen molar-refractivity contribution in [3.05, 3.63) is 96.1 Å². The molecule has 0 aliphatic carbocycles. The Morgan fingerprint density at radius 2 is 1.57 bits per heavy atom. The summed E-state index contributed by atoms with van der Waals surface area (Å²) in [6, 6.07) is 23.6. The van der Waals surface area contributed by atoms with Crippen LogP contribution in [0.25, 0.3) is 6.08 Å². The zero-order valence-electron chi connectivity index (χ0n) is 16.7. The number of amides is 1. The van der Waals surface area contributed by atoms with Gasteiger partial charge in [-0.1, -0.05) is 60.7 Å². The number of carbonyl (C=O) groups is 2. The molecule has 5 heteroatoms. The van der Waals surface area contributed by atoms with Gasteiger partial charge in [0.25, 0.3) is 5.91 Å². The third-order valence-electron chi connectivity index (χ3n) is 4.17. The zero-order chi connectivity index (χ0) is 21.2. The summed E-state index contributed by atoms with van der Waals surface area (Å²) in [5.41, 5.74) is 2.13. The number of hydrogen-bond donors (Lipinski definition) is 1. The molecule has 0 aliphatic heterocycles. The van der Waals surface area contributed by atoms with Gasteiger partial charge in [-0.2, -0.15) is 0 Å². The Morgan fingerprint density at radius 3 is 2.27 bits per heavy atom. The van der Waals surface area contributed by atoms with Crippen molar-refractivity contribution in [2.45, 2.75) is 6.92 Å². The van der Waals surface area contributed by atoms with Gasteiger partial charge in [0.2, 0.25) is 0 Å². The Bertz CT molecular complexity index is 1010. The van der Waals surface area contributed by atoms with Gasteiger partial charge in [-0.25, -0.2) is 0 Å². The lowest BCUT2D eigenvalue weighted by molar-refractivity contribution is -0.118. The monoisotopic (exact) mass is 401 g/mol. The van der Waals surface area contributed by atoms with Crippen molar-refractivity contribution in [1.29, 1.82) is 0 Å². The van der Waals surface area contributed by atoms with Crippen LogP contribution in [0.4, 0.5) is 5.69 Å². The van der Waals surface area contributed by atoms with Gasteiger partial charge in [-0.3, -0.25) is 9.59 Å². The van der Waals surface area contributed by atoms with Crippen molar-refractivity contribution < 1.29 is 19.1 Å². The van der Waals surface area contributed by atoms with Crippen LogP contribution in [0.2, 0.25) is 0 Å². The summed E-state index contributed by atoms with van der Waals surface area (Å²) in [5, 5.41) is 2.77. The molecule has 5 nitrogen and oxygen atoms in total. The SMILES string of the molecule is CCOc1cc(/C=C/C(=O)c2ccccc2)ccc1OCC(=O)Nc1ccccc1. The van der Waals surface area contributed by atoms with E-state index in [9.17, 15) is 9.59 Å². The molecule has 0 radical (unpaired) electrons. The van der Waals surface area contributed by atoms with E-state index >= 15 is 0 Å². The number of carbonyl (C=O) groups excluding carboxylic acids is 2. The summed E-state index contributed by atoms with van der Waals surface area (Å²) in [7, 11) is 0. The van der Waals surface area contributed by atoms with Gasteiger partial charge in [0.15, 0.2) is 23.9 Å². The molecule has 3 aromatic carbocycles. The fraction of sp³-hybridized carbons (Fsp3) is 0.120. The van der Waals surface area contributed by atoms with Crippen molar-refractivity contribution in [2.75, 3.05) is 18.5 Å². The molecule has 0 aromatic heterocycles. The minimum atomic E-state index is -0.263. The molecule has 0 heterocycles. The van der Waals surface area contributed by atoms with Crippen molar-refractivity contribution in [1.82, 2.24) is 0 Å². The quantitative estimate of drug-likeness (QED) is 0.405. The van der Waals surface area contributed by atoms with Crippen LogP contribution in [0.5, 0.6) is 11.5 Å². The first-order valence-electron chi connectivity index (χ1n) is 9.67. The minimum absolute atomic E-state index is 0.0773. The molecular formula is C25H23NO4. The molecule has 0 fully saturated rings. The maximum atomic E-state index is 12.2. The average molecular weight is 401 g/mol. The molecule has 0 atom stereocenters. The van der Waals surface area contributed by atoms with Gasteiger partial charge < -0.3 is 14.8 Å². The number of rotatable bonds is 9. The van der Waals surface area contributed by atoms with Crippen molar-refractivity contribution in [3.8, 4) is 11.5 Å². The van der Waals surface area contributed by atoms with Crippen LogP contribution in [0, 0.1) is 0 Å².